The Morgan fingerprint density at radius 2 is 1.81 bits per heavy atom. The van der Waals surface area contributed by atoms with Crippen molar-refractivity contribution in [1.82, 2.24) is 15.5 Å². The van der Waals surface area contributed by atoms with Crippen LogP contribution in [-0.4, -0.2) is 48.6 Å². The number of carbonyl (C=O) groups is 3. The summed E-state index contributed by atoms with van der Waals surface area (Å²) in [7, 11) is 0. The Labute approximate surface area is 87.8 Å². The number of alkyl halides is 3. The van der Waals surface area contributed by atoms with Crippen LogP contribution >= 0.6 is 0 Å². The number of nitrogens with one attached hydrogen (secondary N) is 2. The Kier molecular flexibility index (Phi) is 3.35. The molecule has 0 aromatic rings. The van der Waals surface area contributed by atoms with Gasteiger partial charge in [-0.15, -0.1) is 0 Å². The number of halogens is 3. The first-order valence-corrected chi connectivity index (χ1v) is 4.20. The number of hydrogen-bond donors (Lipinski definition) is 2. The van der Waals surface area contributed by atoms with Gasteiger partial charge in [0, 0.05) is 0 Å². The molecule has 1 saturated heterocycles. The molecule has 0 radical (unpaired) electrons. The average Bonchev–Trinajstić information content (AvgIpc) is 2.11. The van der Waals surface area contributed by atoms with Crippen LogP contribution in [0, 0.1) is 0 Å². The first-order valence-electron chi connectivity index (χ1n) is 4.20. The third-order valence-corrected chi connectivity index (χ3v) is 1.68. The van der Waals surface area contributed by atoms with E-state index < -0.39 is 43.7 Å². The van der Waals surface area contributed by atoms with Gasteiger partial charge in [-0.25, -0.2) is 4.79 Å². The van der Waals surface area contributed by atoms with Crippen molar-refractivity contribution in [2.75, 3.05) is 19.6 Å². The molecule has 1 rings (SSSR count). The summed E-state index contributed by atoms with van der Waals surface area (Å²) in [5, 5.41) is 3.48. The lowest BCUT2D eigenvalue weighted by atomic mass is 10.3. The Bertz CT molecular complexity index is 313. The van der Waals surface area contributed by atoms with Gasteiger partial charge in [0.1, 0.15) is 19.6 Å². The fraction of sp³-hybridized carbons (Fsp3) is 0.571. The van der Waals surface area contributed by atoms with E-state index in [4.69, 9.17) is 0 Å². The van der Waals surface area contributed by atoms with Gasteiger partial charge >= 0.3 is 12.2 Å². The number of hydrogen-bond acceptors (Lipinski definition) is 3. The van der Waals surface area contributed by atoms with Crippen LogP contribution in [0.4, 0.5) is 18.0 Å². The molecule has 0 saturated carbocycles. The van der Waals surface area contributed by atoms with Crippen molar-refractivity contribution in [2.24, 2.45) is 0 Å². The molecular weight excluding hydrogens is 231 g/mol. The van der Waals surface area contributed by atoms with Crippen molar-refractivity contribution < 1.29 is 27.6 Å². The van der Waals surface area contributed by atoms with Crippen LogP contribution in [0.1, 0.15) is 0 Å². The smallest absolute Gasteiger partial charge is 0.329 e. The lowest BCUT2D eigenvalue weighted by molar-refractivity contribution is -0.134. The van der Waals surface area contributed by atoms with Gasteiger partial charge in [0.15, 0.2) is 0 Å². The second kappa shape index (κ2) is 4.37. The van der Waals surface area contributed by atoms with Crippen molar-refractivity contribution in [3.8, 4) is 0 Å². The first-order chi connectivity index (χ1) is 7.28. The van der Waals surface area contributed by atoms with Gasteiger partial charge in [-0.05, 0) is 0 Å². The Balaban J connectivity index is 2.48. The van der Waals surface area contributed by atoms with E-state index in [0.29, 0.717) is 4.90 Å². The number of piperazine rings is 1. The van der Waals surface area contributed by atoms with E-state index in [0.717, 1.165) is 0 Å². The van der Waals surface area contributed by atoms with E-state index in [1.165, 1.54) is 0 Å². The van der Waals surface area contributed by atoms with Crippen LogP contribution in [-0.2, 0) is 9.59 Å². The Morgan fingerprint density at radius 1 is 1.31 bits per heavy atom. The number of amides is 4. The molecule has 2 N–H and O–H groups in total. The van der Waals surface area contributed by atoms with Gasteiger partial charge in [-0.1, -0.05) is 0 Å². The largest absolute Gasteiger partial charge is 0.405 e. The van der Waals surface area contributed by atoms with Gasteiger partial charge < -0.3 is 10.2 Å². The molecule has 4 amide bonds. The molecule has 0 aromatic carbocycles. The maximum atomic E-state index is 11.8. The van der Waals surface area contributed by atoms with Crippen molar-refractivity contribution in [3.63, 3.8) is 0 Å². The van der Waals surface area contributed by atoms with E-state index in [9.17, 15) is 27.6 Å². The summed E-state index contributed by atoms with van der Waals surface area (Å²) in [5.41, 5.74) is 0. The average molecular weight is 239 g/mol. The molecule has 1 aliphatic rings. The van der Waals surface area contributed by atoms with Crippen LogP contribution in [0.15, 0.2) is 0 Å². The Morgan fingerprint density at radius 3 is 2.25 bits per heavy atom. The molecule has 1 aliphatic heterocycles. The van der Waals surface area contributed by atoms with Gasteiger partial charge in [-0.2, -0.15) is 13.2 Å². The molecule has 0 unspecified atom stereocenters. The number of nitrogens with zero attached hydrogens (tertiary/aromatic N) is 1. The highest BCUT2D eigenvalue weighted by molar-refractivity contribution is 6.02. The summed E-state index contributed by atoms with van der Waals surface area (Å²) in [6.45, 7) is -2.37. The normalized spacial score (nSPS) is 17.1. The summed E-state index contributed by atoms with van der Waals surface area (Å²) < 4.78 is 35.3. The second-order valence-electron chi connectivity index (χ2n) is 3.10. The van der Waals surface area contributed by atoms with Gasteiger partial charge in [0.05, 0.1) is 0 Å². The Hall–Kier alpha value is -1.80. The first kappa shape index (κ1) is 12.3. The summed E-state index contributed by atoms with van der Waals surface area (Å²) >= 11 is 0. The SMILES string of the molecule is O=C1CN(C(=O)NCC(F)(F)F)CC(=O)N1. The lowest BCUT2D eigenvalue weighted by Crippen LogP contribution is -2.56. The number of carbonyl (C=O) groups excluding carboxylic acids is 3. The van der Waals surface area contributed by atoms with E-state index in [1.54, 1.807) is 5.32 Å². The molecule has 0 atom stereocenters. The summed E-state index contributed by atoms with van der Waals surface area (Å²) in [4.78, 5) is 33.4. The van der Waals surface area contributed by atoms with Crippen LogP contribution < -0.4 is 10.6 Å². The van der Waals surface area contributed by atoms with Crippen molar-refractivity contribution >= 4 is 17.8 Å². The summed E-state index contributed by atoms with van der Waals surface area (Å²) in [5.74, 6) is -1.45. The maximum Gasteiger partial charge on any atom is 0.405 e. The molecule has 0 aliphatic carbocycles. The lowest BCUT2D eigenvalue weighted by Gasteiger charge is -2.25. The number of imide groups is 1. The predicted octanol–water partition coefficient (Wildman–Crippen LogP) is -0.783. The molecule has 1 fully saturated rings. The molecule has 6 nitrogen and oxygen atoms in total. The third-order valence-electron chi connectivity index (χ3n) is 1.68. The summed E-state index contributed by atoms with van der Waals surface area (Å²) in [6, 6.07) is -1.10. The minimum absolute atomic E-state index is 0.435. The van der Waals surface area contributed by atoms with E-state index >= 15 is 0 Å². The predicted molar refractivity (Wildman–Crippen MR) is 44.2 cm³/mol. The highest BCUT2D eigenvalue weighted by Gasteiger charge is 2.31. The topological polar surface area (TPSA) is 78.5 Å². The fourth-order valence-electron chi connectivity index (χ4n) is 1.07. The number of urea groups is 1. The molecule has 9 heteroatoms. The molecule has 0 spiro atoms. The highest BCUT2D eigenvalue weighted by Crippen LogP contribution is 2.12. The van der Waals surface area contributed by atoms with Crippen LogP contribution in [0.25, 0.3) is 0 Å². The zero-order chi connectivity index (χ0) is 12.3. The van der Waals surface area contributed by atoms with Crippen LogP contribution in [0.3, 0.4) is 0 Å². The molecule has 0 bridgehead atoms. The van der Waals surface area contributed by atoms with Gasteiger partial charge in [0.25, 0.3) is 0 Å². The van der Waals surface area contributed by atoms with Crippen LogP contribution in [0.5, 0.6) is 0 Å². The maximum absolute atomic E-state index is 11.8. The van der Waals surface area contributed by atoms with E-state index in [-0.39, 0.29) is 0 Å². The minimum atomic E-state index is -4.53. The van der Waals surface area contributed by atoms with Crippen LogP contribution in [0.2, 0.25) is 0 Å². The molecule has 0 aromatic heterocycles. The van der Waals surface area contributed by atoms with E-state index in [1.807, 2.05) is 5.32 Å². The molecule has 16 heavy (non-hydrogen) atoms. The molecule has 1 heterocycles. The standard InChI is InChI=1S/C7H8F3N3O3/c8-7(9,10)3-11-6(16)13-1-4(14)12-5(15)2-13/h1-3H2,(H,11,16)(H,12,14,15). The highest BCUT2D eigenvalue weighted by atomic mass is 19.4. The molecular formula is C7H8F3N3O3. The quantitative estimate of drug-likeness (QED) is 0.589. The zero-order valence-corrected chi connectivity index (χ0v) is 7.93. The fourth-order valence-corrected chi connectivity index (χ4v) is 1.07. The van der Waals surface area contributed by atoms with E-state index in [2.05, 4.69) is 0 Å². The van der Waals surface area contributed by atoms with Crippen molar-refractivity contribution in [3.05, 3.63) is 0 Å². The monoisotopic (exact) mass is 239 g/mol. The van der Waals surface area contributed by atoms with Crippen molar-refractivity contribution in [2.45, 2.75) is 6.18 Å². The van der Waals surface area contributed by atoms with Gasteiger partial charge in [0.2, 0.25) is 11.8 Å². The second-order valence-corrected chi connectivity index (χ2v) is 3.10. The van der Waals surface area contributed by atoms with Crippen molar-refractivity contribution in [1.29, 1.82) is 0 Å². The third kappa shape index (κ3) is 3.75. The molecule has 90 valence electrons. The van der Waals surface area contributed by atoms with Gasteiger partial charge in [-0.3, -0.25) is 14.9 Å². The number of rotatable bonds is 1. The zero-order valence-electron chi connectivity index (χ0n) is 7.93. The minimum Gasteiger partial charge on any atom is -0.329 e. The summed E-state index contributed by atoms with van der Waals surface area (Å²) in [6.07, 6.45) is -4.53.